The second-order valence-corrected chi connectivity index (χ2v) is 8.17. The van der Waals surface area contributed by atoms with E-state index in [0.29, 0.717) is 0 Å². The highest BCUT2D eigenvalue weighted by Gasteiger charge is 2.23. The first kappa shape index (κ1) is 17.2. The molecule has 0 spiro atoms. The zero-order valence-corrected chi connectivity index (χ0v) is 15.8. The first-order chi connectivity index (χ1) is 11.5. The highest BCUT2D eigenvalue weighted by atomic mass is 32.2. The first-order valence-corrected chi connectivity index (χ1v) is 9.57. The highest BCUT2D eigenvalue weighted by molar-refractivity contribution is 8.03. The Morgan fingerprint density at radius 1 is 1.17 bits per heavy atom. The first-order valence-electron chi connectivity index (χ1n) is 8.75. The van der Waals surface area contributed by atoms with Crippen LogP contribution < -0.4 is 0 Å². The van der Waals surface area contributed by atoms with Crippen molar-refractivity contribution in [2.24, 2.45) is 5.92 Å². The summed E-state index contributed by atoms with van der Waals surface area (Å²) < 4.78 is 0. The van der Waals surface area contributed by atoms with Gasteiger partial charge >= 0.3 is 0 Å². The minimum Gasteiger partial charge on any atom is -0.381 e. The zero-order chi connectivity index (χ0) is 17.1. The number of aryl methyl sites for hydroxylation is 1. The summed E-state index contributed by atoms with van der Waals surface area (Å²) in [7, 11) is 4.29. The summed E-state index contributed by atoms with van der Waals surface area (Å²) in [5, 5.41) is 0. The number of thioether (sulfide) groups is 1. The number of allylic oxidation sites excluding steroid dienone is 6. The molecule has 0 saturated carbocycles. The van der Waals surface area contributed by atoms with Crippen LogP contribution in [0.25, 0.3) is 0 Å². The monoisotopic (exact) mass is 337 g/mol. The zero-order valence-electron chi connectivity index (χ0n) is 15.0. The smallest absolute Gasteiger partial charge is 0.0151 e. The maximum absolute atomic E-state index is 4.27. The molecule has 0 radical (unpaired) electrons. The van der Waals surface area contributed by atoms with Gasteiger partial charge in [0.25, 0.3) is 0 Å². The summed E-state index contributed by atoms with van der Waals surface area (Å²) in [6.07, 6.45) is 12.0. The predicted molar refractivity (Wildman–Crippen MR) is 106 cm³/mol. The molecule has 1 atom stereocenters. The average molecular weight is 338 g/mol. The van der Waals surface area contributed by atoms with Crippen molar-refractivity contribution in [3.05, 3.63) is 76.4 Å². The molecule has 0 heterocycles. The van der Waals surface area contributed by atoms with E-state index in [2.05, 4.69) is 75.0 Å². The van der Waals surface area contributed by atoms with Gasteiger partial charge in [0.05, 0.1) is 0 Å². The fourth-order valence-electron chi connectivity index (χ4n) is 3.48. The molecule has 0 saturated heterocycles. The van der Waals surface area contributed by atoms with Crippen molar-refractivity contribution in [3.8, 4) is 0 Å². The van der Waals surface area contributed by atoms with Crippen LogP contribution in [0.4, 0.5) is 0 Å². The van der Waals surface area contributed by atoms with Gasteiger partial charge in [0.15, 0.2) is 0 Å². The van der Waals surface area contributed by atoms with Gasteiger partial charge in [-0.25, -0.2) is 0 Å². The van der Waals surface area contributed by atoms with Crippen LogP contribution in [0.5, 0.6) is 0 Å². The van der Waals surface area contributed by atoms with E-state index in [0.717, 1.165) is 10.8 Å². The molecule has 1 nitrogen and oxygen atoms in total. The van der Waals surface area contributed by atoms with Gasteiger partial charge < -0.3 is 4.90 Å². The molecule has 1 aromatic carbocycles. The standard InChI is InChI=1S/C22H27NS/c1-16-7-5-6-8-22(16)24-17(2)13-18-9-10-19-11-12-21(23(3)4)15-20(19)14-18/h5-8,13-15,19H,2,9-12H2,1,3-4H3/b18-13+. The number of benzene rings is 1. The van der Waals surface area contributed by atoms with Crippen molar-refractivity contribution in [2.45, 2.75) is 37.5 Å². The van der Waals surface area contributed by atoms with Crippen LogP contribution in [0.15, 0.2) is 75.7 Å². The highest BCUT2D eigenvalue weighted by Crippen LogP contribution is 2.39. The molecule has 3 rings (SSSR count). The van der Waals surface area contributed by atoms with E-state index in [1.54, 1.807) is 11.8 Å². The van der Waals surface area contributed by atoms with E-state index < -0.39 is 0 Å². The van der Waals surface area contributed by atoms with Gasteiger partial charge in [0.1, 0.15) is 0 Å². The maximum atomic E-state index is 4.27. The summed E-state index contributed by atoms with van der Waals surface area (Å²) in [6.45, 7) is 6.42. The summed E-state index contributed by atoms with van der Waals surface area (Å²) in [4.78, 5) is 4.68. The molecule has 24 heavy (non-hydrogen) atoms. The minimum absolute atomic E-state index is 0.753. The summed E-state index contributed by atoms with van der Waals surface area (Å²) in [5.74, 6) is 0.753. The number of rotatable bonds is 4. The van der Waals surface area contributed by atoms with Gasteiger partial charge in [-0.05, 0) is 73.5 Å². The van der Waals surface area contributed by atoms with Gasteiger partial charge in [-0.3, -0.25) is 0 Å². The molecular formula is C22H27NS. The lowest BCUT2D eigenvalue weighted by molar-refractivity contribution is 0.422. The normalized spacial score (nSPS) is 21.8. The van der Waals surface area contributed by atoms with Crippen molar-refractivity contribution in [3.63, 3.8) is 0 Å². The quantitative estimate of drug-likeness (QED) is 0.610. The molecule has 1 aromatic rings. The van der Waals surface area contributed by atoms with Crippen LogP contribution in [0, 0.1) is 12.8 Å². The Balaban J connectivity index is 1.76. The van der Waals surface area contributed by atoms with Crippen LogP contribution in [0.1, 0.15) is 31.2 Å². The van der Waals surface area contributed by atoms with E-state index in [1.165, 1.54) is 53.0 Å². The van der Waals surface area contributed by atoms with Gasteiger partial charge in [-0.1, -0.05) is 42.6 Å². The minimum atomic E-state index is 0.753. The van der Waals surface area contributed by atoms with Crippen LogP contribution in [0.2, 0.25) is 0 Å². The Morgan fingerprint density at radius 2 is 1.92 bits per heavy atom. The molecule has 0 aliphatic heterocycles. The fourth-order valence-corrected chi connectivity index (χ4v) is 4.35. The molecule has 0 N–H and O–H groups in total. The third kappa shape index (κ3) is 4.05. The lowest BCUT2D eigenvalue weighted by atomic mass is 9.78. The second kappa shape index (κ2) is 7.48. The van der Waals surface area contributed by atoms with E-state index >= 15 is 0 Å². The van der Waals surface area contributed by atoms with E-state index in [9.17, 15) is 0 Å². The number of hydrogen-bond acceptors (Lipinski definition) is 2. The third-order valence-corrected chi connectivity index (χ3v) is 6.00. The molecule has 2 heteroatoms. The molecule has 2 aliphatic rings. The van der Waals surface area contributed by atoms with Crippen LogP contribution in [-0.4, -0.2) is 19.0 Å². The Bertz CT molecular complexity index is 721. The van der Waals surface area contributed by atoms with E-state index in [4.69, 9.17) is 0 Å². The molecule has 1 unspecified atom stereocenters. The Hall–Kier alpha value is -1.67. The summed E-state index contributed by atoms with van der Waals surface area (Å²) in [5.41, 5.74) is 5.70. The predicted octanol–water partition coefficient (Wildman–Crippen LogP) is 6.10. The van der Waals surface area contributed by atoms with Crippen LogP contribution in [-0.2, 0) is 0 Å². The van der Waals surface area contributed by atoms with E-state index in [1.807, 2.05) is 0 Å². The molecular weight excluding hydrogens is 310 g/mol. The van der Waals surface area contributed by atoms with Crippen molar-refractivity contribution in [1.82, 2.24) is 4.90 Å². The Kier molecular flexibility index (Phi) is 5.35. The van der Waals surface area contributed by atoms with Crippen molar-refractivity contribution < 1.29 is 0 Å². The van der Waals surface area contributed by atoms with Gasteiger partial charge in [-0.15, -0.1) is 0 Å². The van der Waals surface area contributed by atoms with E-state index in [-0.39, 0.29) is 0 Å². The van der Waals surface area contributed by atoms with Crippen molar-refractivity contribution in [1.29, 1.82) is 0 Å². The maximum Gasteiger partial charge on any atom is 0.0151 e. The molecule has 2 aliphatic carbocycles. The Morgan fingerprint density at radius 3 is 2.67 bits per heavy atom. The number of hydrogen-bond donors (Lipinski definition) is 0. The molecule has 126 valence electrons. The van der Waals surface area contributed by atoms with Gasteiger partial charge in [0, 0.05) is 29.6 Å². The largest absolute Gasteiger partial charge is 0.381 e. The summed E-state index contributed by atoms with van der Waals surface area (Å²) in [6, 6.07) is 8.51. The fraction of sp³-hybridized carbons (Fsp3) is 0.364. The third-order valence-electron chi connectivity index (χ3n) is 4.94. The molecule has 0 bridgehead atoms. The second-order valence-electron chi connectivity index (χ2n) is 7.00. The van der Waals surface area contributed by atoms with Gasteiger partial charge in [0.2, 0.25) is 0 Å². The number of nitrogens with zero attached hydrogens (tertiary/aromatic N) is 1. The SMILES string of the molecule is C=C(/C=C1/C=C2C=C(N(C)C)CCC2CC1)Sc1ccccc1C. The molecule has 0 amide bonds. The lowest BCUT2D eigenvalue weighted by Gasteiger charge is -2.31. The Labute approximate surface area is 150 Å². The molecule has 0 aromatic heterocycles. The molecule has 0 fully saturated rings. The lowest BCUT2D eigenvalue weighted by Crippen LogP contribution is -2.20. The van der Waals surface area contributed by atoms with Gasteiger partial charge in [-0.2, -0.15) is 0 Å². The van der Waals surface area contributed by atoms with Crippen LogP contribution >= 0.6 is 11.8 Å². The van der Waals surface area contributed by atoms with Crippen molar-refractivity contribution in [2.75, 3.05) is 14.1 Å². The number of fused-ring (bicyclic) bond motifs is 1. The topological polar surface area (TPSA) is 3.24 Å². The van der Waals surface area contributed by atoms with Crippen LogP contribution in [0.3, 0.4) is 0 Å². The summed E-state index contributed by atoms with van der Waals surface area (Å²) >= 11 is 1.77. The van der Waals surface area contributed by atoms with Crippen molar-refractivity contribution >= 4 is 11.8 Å². The average Bonchev–Trinajstić information content (AvgIpc) is 2.56.